The van der Waals surface area contributed by atoms with E-state index < -0.39 is 105 Å². The number of carbonyl (C=O) groups is 8. The summed E-state index contributed by atoms with van der Waals surface area (Å²) in [5, 5.41) is 67.2. The van der Waals surface area contributed by atoms with Gasteiger partial charge in [0.2, 0.25) is 18.1 Å². The number of carboxylic acids is 1. The molecule has 1 aromatic carbocycles. The van der Waals surface area contributed by atoms with Crippen LogP contribution in [-0.4, -0.2) is 225 Å². The lowest BCUT2D eigenvalue weighted by Crippen LogP contribution is -2.61. The predicted molar refractivity (Wildman–Crippen MR) is 294 cm³/mol. The lowest BCUT2D eigenvalue weighted by molar-refractivity contribution is -0.271. The van der Waals surface area contributed by atoms with Gasteiger partial charge >= 0.3 is 31.8 Å². The van der Waals surface area contributed by atoms with Crippen LogP contribution in [-0.2, 0) is 82.4 Å². The fraction of sp³-hybridized carbons (Fsp3) is 0.527. The second kappa shape index (κ2) is 34.3. The summed E-state index contributed by atoms with van der Waals surface area (Å²) in [6.07, 6.45) is 0.0606. The number of amides is 5. The zero-order valence-electron chi connectivity index (χ0n) is 47.1. The van der Waals surface area contributed by atoms with E-state index in [4.69, 9.17) is 42.4 Å². The first kappa shape index (κ1) is 69.7. The minimum atomic E-state index is -5.11. The zero-order chi connectivity index (χ0) is 63.0. The Labute approximate surface area is 493 Å². The van der Waals surface area contributed by atoms with Crippen LogP contribution in [0.5, 0.6) is 5.75 Å². The summed E-state index contributed by atoms with van der Waals surface area (Å²) in [4.78, 5) is 119. The number of aliphatic hydroxyl groups excluding tert-OH is 4. The summed E-state index contributed by atoms with van der Waals surface area (Å²) in [7, 11) is -3.66. The van der Waals surface area contributed by atoms with Crippen LogP contribution in [0.2, 0.25) is 0 Å². The summed E-state index contributed by atoms with van der Waals surface area (Å²) < 4.78 is 59.3. The molecule has 474 valence electrons. The molecule has 0 saturated carbocycles. The van der Waals surface area contributed by atoms with Gasteiger partial charge in [-0.2, -0.15) is 0 Å². The Balaban J connectivity index is 0.991. The van der Waals surface area contributed by atoms with E-state index in [1.807, 2.05) is 0 Å². The van der Waals surface area contributed by atoms with Crippen molar-refractivity contribution in [3.8, 4) is 5.75 Å². The fourth-order valence-corrected chi connectivity index (χ4v) is 8.80. The minimum Gasteiger partial charge on any atom is -0.479 e. The Morgan fingerprint density at radius 1 is 0.884 bits per heavy atom. The van der Waals surface area contributed by atoms with Crippen LogP contribution in [0.4, 0.5) is 10.5 Å². The highest BCUT2D eigenvalue weighted by Crippen LogP contribution is 2.42. The summed E-state index contributed by atoms with van der Waals surface area (Å²) in [6.45, 7) is 1.98. The molecular weight excluding hydrogens is 1160 g/mol. The first-order valence-electron chi connectivity index (χ1n) is 27.2. The molecule has 5 amide bonds. The summed E-state index contributed by atoms with van der Waals surface area (Å²) in [5.41, 5.74) is -0.605. The summed E-state index contributed by atoms with van der Waals surface area (Å²) >= 11 is 0. The van der Waals surface area contributed by atoms with E-state index in [1.165, 1.54) is 91.8 Å². The third-order valence-corrected chi connectivity index (χ3v) is 13.5. The van der Waals surface area contributed by atoms with Crippen molar-refractivity contribution in [1.29, 1.82) is 0 Å². The normalized spacial score (nSPS) is 21.8. The van der Waals surface area contributed by atoms with Crippen molar-refractivity contribution in [2.75, 3.05) is 78.2 Å². The Morgan fingerprint density at radius 2 is 1.57 bits per heavy atom. The van der Waals surface area contributed by atoms with Crippen LogP contribution in [0.25, 0.3) is 0 Å². The molecule has 9 atom stereocenters. The number of likely N-dealkylation sites (tertiary alicyclic amines) is 1. The molecule has 31 heteroatoms. The molecular formula is C55H73N4O26P. The molecule has 1 aromatic rings. The number of nitrogens with one attached hydrogen (secondary N) is 2. The molecule has 0 radical (unpaired) electrons. The van der Waals surface area contributed by atoms with Crippen molar-refractivity contribution in [3.05, 3.63) is 95.7 Å². The van der Waals surface area contributed by atoms with Gasteiger partial charge in [-0.25, -0.2) is 18.9 Å². The van der Waals surface area contributed by atoms with Gasteiger partial charge < -0.3 is 93.9 Å². The van der Waals surface area contributed by atoms with Crippen molar-refractivity contribution < 1.29 is 126 Å². The van der Waals surface area contributed by atoms with E-state index in [2.05, 4.69) is 10.6 Å². The number of phosphoric ester groups is 1. The number of hydrogen-bond donors (Lipinski definition) is 10. The first-order valence-corrected chi connectivity index (χ1v) is 28.7. The number of allylic oxidation sites excluding steroid dienone is 4. The van der Waals surface area contributed by atoms with Gasteiger partial charge in [0.05, 0.1) is 58.0 Å². The molecule has 0 aromatic heterocycles. The number of imide groups is 1. The Kier molecular flexibility index (Phi) is 27.9. The summed E-state index contributed by atoms with van der Waals surface area (Å²) in [6, 6.07) is 4.05. The molecule has 1 fully saturated rings. The maximum atomic E-state index is 13.1. The summed E-state index contributed by atoms with van der Waals surface area (Å²) in [5.74, 6) is -4.69. The predicted octanol–water partition coefficient (Wildman–Crippen LogP) is -0.120. The number of esters is 2. The number of hydrogen-bond acceptors (Lipinski definition) is 23. The maximum absolute atomic E-state index is 13.1. The molecule has 1 aliphatic carbocycles. The number of aliphatic hydroxyl groups is 5. The lowest BCUT2D eigenvalue weighted by Gasteiger charge is -2.38. The molecule has 5 rings (SSSR count). The number of phosphoric acid groups is 1. The number of benzene rings is 1. The van der Waals surface area contributed by atoms with Gasteiger partial charge in [0.1, 0.15) is 55.1 Å². The lowest BCUT2D eigenvalue weighted by atomic mass is 9.93. The average Bonchev–Trinajstić information content (AvgIpc) is 1.69. The molecule has 0 spiro atoms. The maximum Gasteiger partial charge on any atom is 0.469 e. The second-order valence-corrected chi connectivity index (χ2v) is 21.1. The van der Waals surface area contributed by atoms with Crippen LogP contribution in [0.1, 0.15) is 57.4 Å². The molecule has 10 N–H and O–H groups in total. The number of anilines is 1. The van der Waals surface area contributed by atoms with E-state index >= 15 is 0 Å². The number of aliphatic carboxylic acids is 1. The monoisotopic (exact) mass is 1240 g/mol. The fourth-order valence-electron chi connectivity index (χ4n) is 8.17. The quantitative estimate of drug-likeness (QED) is 0.00789. The van der Waals surface area contributed by atoms with Crippen molar-refractivity contribution in [1.82, 2.24) is 15.1 Å². The van der Waals surface area contributed by atoms with E-state index in [0.717, 1.165) is 4.90 Å². The van der Waals surface area contributed by atoms with Crippen molar-refractivity contribution in [2.45, 2.75) is 113 Å². The highest BCUT2D eigenvalue weighted by molar-refractivity contribution is 7.46. The largest absolute Gasteiger partial charge is 0.479 e. The van der Waals surface area contributed by atoms with Crippen LogP contribution in [0, 0.1) is 0 Å². The van der Waals surface area contributed by atoms with Gasteiger partial charge in [-0.1, -0.05) is 48.6 Å². The molecule has 3 heterocycles. The van der Waals surface area contributed by atoms with E-state index in [1.54, 1.807) is 6.08 Å². The van der Waals surface area contributed by atoms with Crippen LogP contribution in [0.15, 0.2) is 90.1 Å². The third-order valence-electron chi connectivity index (χ3n) is 12.9. The van der Waals surface area contributed by atoms with E-state index in [9.17, 15) is 83.3 Å². The van der Waals surface area contributed by atoms with Crippen molar-refractivity contribution >= 4 is 61.1 Å². The number of piperidine rings is 1. The molecule has 30 nitrogen and oxygen atoms in total. The molecule has 86 heavy (non-hydrogen) atoms. The van der Waals surface area contributed by atoms with Gasteiger partial charge in [-0.05, 0) is 43.2 Å². The number of rotatable bonds is 37. The Morgan fingerprint density at radius 3 is 2.26 bits per heavy atom. The Bertz CT molecular complexity index is 2750. The topological polar surface area (TPSA) is 429 Å². The van der Waals surface area contributed by atoms with Crippen molar-refractivity contribution in [2.24, 2.45) is 0 Å². The molecule has 1 unspecified atom stereocenters. The highest BCUT2D eigenvalue weighted by atomic mass is 31.2. The molecule has 3 aliphatic heterocycles. The van der Waals surface area contributed by atoms with E-state index in [-0.39, 0.29) is 121 Å². The Hall–Kier alpha value is -7.03. The first-order chi connectivity index (χ1) is 40.8. The van der Waals surface area contributed by atoms with Gasteiger partial charge in [-0.15, -0.1) is 0 Å². The highest BCUT2D eigenvalue weighted by Gasteiger charge is 2.49. The standard InChI is InChI=1S/C55H73N4O26P/c1-55(73,19-16-36-11-8-12-45(64)82-36)41(85-86(74,75)76)31-35(60)10-6-4-3-5-7-23-80-54(72)58(2)21-9-13-44(63)81-33-34-14-15-40(83-53-48(67)46(65)47(66)49(84-53)52(70)71)39(30-34)57-43(62)17-20-56-42(61)18-24-77-26-28-79-29-27-78-25-22-59-50(68)37-32-38(37)51(59)69/h3-8,10,12,14-16,19,30,35-36,41,46-49,53,60,65-67,73H,9,11,13,17-18,20-29,31-33H2,1-2H3,(H,56,61)(H,57,62)(H,70,71)(H2,74,75,76)/b4-3-,7-5+,10-6-,19-16+/t35-,36?,41-,46+,47+,48-,49+,53-,55-/m1/s1. The number of carbonyl (C=O) groups excluding carboxylic acids is 7. The van der Waals surface area contributed by atoms with Crippen molar-refractivity contribution in [3.63, 3.8) is 0 Å². The smallest absolute Gasteiger partial charge is 0.469 e. The number of cyclic esters (lactones) is 1. The SMILES string of the molecule is CN(CCCC(=O)OCc1ccc(O[C@@H]2O[C@H](C(=O)O)[C@@H](O)[C@H](O)[C@H]2O)c(NC(=O)CCNC(=O)CCOCCOCCOCCN2C(=O)C3=C(C3)C2=O)c1)C(=O)OC/C=C/C=C\C=C/[C@@H](O)C[C@@H](OP(=O)(O)O)[C@](C)(O)/C=C/C1CC=CC(=O)O1. The van der Waals surface area contributed by atoms with Crippen LogP contribution < -0.4 is 15.4 Å². The number of carboxylic acid groups (broad SMARTS) is 1. The third kappa shape index (κ3) is 23.7. The van der Waals surface area contributed by atoms with Gasteiger partial charge in [0, 0.05) is 75.9 Å². The van der Waals surface area contributed by atoms with Crippen LogP contribution >= 0.6 is 7.82 Å². The minimum absolute atomic E-state index is 0.0386. The number of ether oxygens (including phenoxy) is 8. The molecule has 4 aliphatic rings. The molecule has 1 saturated heterocycles. The zero-order valence-corrected chi connectivity index (χ0v) is 48.0. The van der Waals surface area contributed by atoms with Crippen LogP contribution in [0.3, 0.4) is 0 Å². The van der Waals surface area contributed by atoms with E-state index in [0.29, 0.717) is 29.6 Å². The molecule has 0 bridgehead atoms. The second-order valence-electron chi connectivity index (χ2n) is 19.9. The average molecular weight is 1240 g/mol. The van der Waals surface area contributed by atoms with Gasteiger partial charge in [0.15, 0.2) is 6.10 Å². The number of nitrogens with zero attached hydrogens (tertiary/aromatic N) is 2. The van der Waals surface area contributed by atoms with Gasteiger partial charge in [-0.3, -0.25) is 33.4 Å². The van der Waals surface area contributed by atoms with Gasteiger partial charge in [0.25, 0.3) is 11.8 Å².